The van der Waals surface area contributed by atoms with E-state index in [0.29, 0.717) is 20.9 Å². The quantitative estimate of drug-likeness (QED) is 0.677. The van der Waals surface area contributed by atoms with E-state index in [1.165, 1.54) is 10.9 Å². The molecule has 23 heavy (non-hydrogen) atoms. The van der Waals surface area contributed by atoms with Crippen LogP contribution in [0.3, 0.4) is 0 Å². The molecule has 0 unspecified atom stereocenters. The minimum Gasteiger partial charge on any atom is -0.465 e. The van der Waals surface area contributed by atoms with Crippen LogP contribution in [-0.2, 0) is 16.1 Å². The monoisotopic (exact) mass is 349 g/mol. The highest BCUT2D eigenvalue weighted by Gasteiger charge is 2.16. The molecule has 8 heteroatoms. The van der Waals surface area contributed by atoms with Crippen molar-refractivity contribution in [3.05, 3.63) is 46.0 Å². The summed E-state index contributed by atoms with van der Waals surface area (Å²) in [6.45, 7) is 1.80. The first-order chi connectivity index (χ1) is 11.1. The molecule has 0 aliphatic heterocycles. The van der Waals surface area contributed by atoms with Crippen molar-refractivity contribution in [2.75, 3.05) is 6.61 Å². The van der Waals surface area contributed by atoms with Gasteiger partial charge < -0.3 is 4.74 Å². The normalized spacial score (nSPS) is 10.9. The summed E-state index contributed by atoms with van der Waals surface area (Å²) in [7, 11) is 0. The first kappa shape index (κ1) is 15.6. The topological polar surface area (TPSA) is 74.1 Å². The number of fused-ring (bicyclic) bond motifs is 1. The van der Waals surface area contributed by atoms with Crippen LogP contribution in [0, 0.1) is 0 Å². The number of ether oxygens (including phenoxy) is 1. The summed E-state index contributed by atoms with van der Waals surface area (Å²) in [5, 5.41) is 0.996. The van der Waals surface area contributed by atoms with Crippen molar-refractivity contribution in [2.24, 2.45) is 0 Å². The summed E-state index contributed by atoms with van der Waals surface area (Å²) in [6, 6.07) is 7.04. The van der Waals surface area contributed by atoms with Gasteiger partial charge in [-0.05, 0) is 30.6 Å². The second kappa shape index (κ2) is 6.47. The Labute approximate surface area is 140 Å². The second-order valence-corrected chi connectivity index (χ2v) is 5.89. The molecule has 0 radical (unpaired) electrons. The minimum atomic E-state index is -0.480. The highest BCUT2D eigenvalue weighted by molar-refractivity contribution is 7.13. The van der Waals surface area contributed by atoms with Gasteiger partial charge in [0, 0.05) is 10.6 Å². The Bertz CT molecular complexity index is 918. The van der Waals surface area contributed by atoms with Gasteiger partial charge >= 0.3 is 5.97 Å². The molecule has 0 aliphatic carbocycles. The zero-order valence-corrected chi connectivity index (χ0v) is 13.7. The highest BCUT2D eigenvalue weighted by Crippen LogP contribution is 2.27. The fourth-order valence-corrected chi connectivity index (χ4v) is 3.01. The summed E-state index contributed by atoms with van der Waals surface area (Å²) in [5.74, 6) is -0.480. The number of aromatic nitrogens is 3. The lowest BCUT2D eigenvalue weighted by Gasteiger charge is -2.05. The molecule has 0 N–H and O–H groups in total. The number of esters is 1. The van der Waals surface area contributed by atoms with Crippen LogP contribution in [0.1, 0.15) is 6.92 Å². The molecular formula is C15H12ClN3O3S. The van der Waals surface area contributed by atoms with Crippen molar-refractivity contribution < 1.29 is 9.53 Å². The molecule has 0 amide bonds. The van der Waals surface area contributed by atoms with Crippen molar-refractivity contribution in [1.82, 2.24) is 13.9 Å². The van der Waals surface area contributed by atoms with Gasteiger partial charge in [-0.15, -0.1) is 0 Å². The maximum absolute atomic E-state index is 12.6. The molecule has 0 bridgehead atoms. The van der Waals surface area contributed by atoms with Crippen LogP contribution in [0.5, 0.6) is 0 Å². The number of rotatable bonds is 4. The van der Waals surface area contributed by atoms with Crippen LogP contribution < -0.4 is 5.56 Å². The van der Waals surface area contributed by atoms with Crippen LogP contribution in [-0.4, -0.2) is 26.5 Å². The van der Waals surface area contributed by atoms with Crippen molar-refractivity contribution in [2.45, 2.75) is 13.5 Å². The lowest BCUT2D eigenvalue weighted by atomic mass is 10.1. The number of benzene rings is 1. The average Bonchev–Trinajstić information content (AvgIpc) is 2.96. The molecule has 2 aromatic heterocycles. The Morgan fingerprint density at radius 2 is 2.09 bits per heavy atom. The standard InChI is InChI=1S/C15H12ClN3O3S/c1-2-22-11(20)7-19-8-17-14-12(15(19)21)13(18-23-14)9-3-5-10(16)6-4-9/h3-6,8H,2,7H2,1H3. The van der Waals surface area contributed by atoms with E-state index in [9.17, 15) is 9.59 Å². The van der Waals surface area contributed by atoms with Crippen molar-refractivity contribution in [3.63, 3.8) is 0 Å². The number of hydrogen-bond donors (Lipinski definition) is 0. The maximum Gasteiger partial charge on any atom is 0.326 e. The third-order valence-corrected chi connectivity index (χ3v) is 4.19. The first-order valence-electron chi connectivity index (χ1n) is 6.86. The molecular weight excluding hydrogens is 338 g/mol. The molecule has 0 saturated carbocycles. The smallest absolute Gasteiger partial charge is 0.326 e. The summed E-state index contributed by atoms with van der Waals surface area (Å²) >= 11 is 7.03. The van der Waals surface area contributed by atoms with E-state index in [-0.39, 0.29) is 18.7 Å². The number of halogens is 1. The third-order valence-electron chi connectivity index (χ3n) is 3.19. The van der Waals surface area contributed by atoms with Crippen LogP contribution in [0.25, 0.3) is 21.5 Å². The summed E-state index contributed by atoms with van der Waals surface area (Å²) < 4.78 is 10.4. The van der Waals surface area contributed by atoms with E-state index in [1.807, 2.05) is 0 Å². The van der Waals surface area contributed by atoms with E-state index in [4.69, 9.17) is 16.3 Å². The molecule has 1 aromatic carbocycles. The Morgan fingerprint density at radius 3 is 2.78 bits per heavy atom. The molecule has 0 saturated heterocycles. The van der Waals surface area contributed by atoms with Crippen LogP contribution in [0.2, 0.25) is 5.02 Å². The fourth-order valence-electron chi connectivity index (χ4n) is 2.14. The molecule has 2 heterocycles. The van der Waals surface area contributed by atoms with Crippen molar-refractivity contribution >= 4 is 39.3 Å². The predicted molar refractivity (Wildman–Crippen MR) is 88.8 cm³/mol. The largest absolute Gasteiger partial charge is 0.465 e. The Balaban J connectivity index is 2.09. The number of nitrogens with zero attached hydrogens (tertiary/aromatic N) is 3. The Kier molecular flexibility index (Phi) is 4.40. The third kappa shape index (κ3) is 3.11. The zero-order chi connectivity index (χ0) is 16.4. The molecule has 0 aliphatic rings. The number of carbonyl (C=O) groups excluding carboxylic acids is 1. The molecule has 0 fully saturated rings. The molecule has 118 valence electrons. The molecule has 0 atom stereocenters. The van der Waals surface area contributed by atoms with E-state index in [2.05, 4.69) is 9.36 Å². The van der Waals surface area contributed by atoms with Gasteiger partial charge in [-0.25, -0.2) is 4.98 Å². The van der Waals surface area contributed by atoms with Crippen LogP contribution in [0.4, 0.5) is 0 Å². The summed E-state index contributed by atoms with van der Waals surface area (Å²) in [4.78, 5) is 29.0. The van der Waals surface area contributed by atoms with E-state index < -0.39 is 5.97 Å². The van der Waals surface area contributed by atoms with E-state index in [1.54, 1.807) is 31.2 Å². The Hall–Kier alpha value is -2.25. The molecule has 3 aromatic rings. The van der Waals surface area contributed by atoms with Gasteiger partial charge in [0.1, 0.15) is 11.9 Å². The van der Waals surface area contributed by atoms with Gasteiger partial charge in [-0.3, -0.25) is 14.2 Å². The van der Waals surface area contributed by atoms with Gasteiger partial charge in [-0.2, -0.15) is 4.37 Å². The predicted octanol–water partition coefficient (Wildman–Crippen LogP) is 2.74. The number of carbonyl (C=O) groups is 1. The lowest BCUT2D eigenvalue weighted by Crippen LogP contribution is -2.25. The van der Waals surface area contributed by atoms with Crippen molar-refractivity contribution in [1.29, 1.82) is 0 Å². The van der Waals surface area contributed by atoms with Gasteiger partial charge in [0.15, 0.2) is 4.83 Å². The maximum atomic E-state index is 12.6. The minimum absolute atomic E-state index is 0.175. The SMILES string of the molecule is CCOC(=O)Cn1cnc2snc(-c3ccc(Cl)cc3)c2c1=O. The fraction of sp³-hybridized carbons (Fsp3) is 0.200. The van der Waals surface area contributed by atoms with E-state index in [0.717, 1.165) is 17.1 Å². The zero-order valence-electron chi connectivity index (χ0n) is 12.2. The Morgan fingerprint density at radius 1 is 1.35 bits per heavy atom. The molecule has 0 spiro atoms. The highest BCUT2D eigenvalue weighted by atomic mass is 35.5. The summed E-state index contributed by atoms with van der Waals surface area (Å²) in [6.07, 6.45) is 1.34. The van der Waals surface area contributed by atoms with Crippen LogP contribution >= 0.6 is 23.1 Å². The summed E-state index contributed by atoms with van der Waals surface area (Å²) in [5.41, 5.74) is 0.993. The molecule has 3 rings (SSSR count). The first-order valence-corrected chi connectivity index (χ1v) is 8.01. The average molecular weight is 350 g/mol. The molecule has 6 nitrogen and oxygen atoms in total. The van der Waals surface area contributed by atoms with Crippen LogP contribution in [0.15, 0.2) is 35.4 Å². The van der Waals surface area contributed by atoms with Gasteiger partial charge in [0.05, 0.1) is 18.6 Å². The van der Waals surface area contributed by atoms with E-state index >= 15 is 0 Å². The van der Waals surface area contributed by atoms with Gasteiger partial charge in [0.2, 0.25) is 0 Å². The van der Waals surface area contributed by atoms with Gasteiger partial charge in [-0.1, -0.05) is 23.7 Å². The van der Waals surface area contributed by atoms with Crippen molar-refractivity contribution in [3.8, 4) is 11.3 Å². The second-order valence-electron chi connectivity index (χ2n) is 4.70. The van der Waals surface area contributed by atoms with Gasteiger partial charge in [0.25, 0.3) is 5.56 Å². The lowest BCUT2D eigenvalue weighted by molar-refractivity contribution is -0.143. The number of hydrogen-bond acceptors (Lipinski definition) is 6.